The molecule has 0 radical (unpaired) electrons. The Morgan fingerprint density at radius 1 is 1.24 bits per heavy atom. The largest absolute Gasteiger partial charge is 0.376 e. The van der Waals surface area contributed by atoms with E-state index in [9.17, 15) is 0 Å². The smallest absolute Gasteiger partial charge is 0.0598 e. The van der Waals surface area contributed by atoms with Crippen molar-refractivity contribution in [1.82, 2.24) is 0 Å². The lowest BCUT2D eigenvalue weighted by atomic mass is 10.0. The van der Waals surface area contributed by atoms with Crippen LogP contribution in [-0.4, -0.2) is 18.2 Å². The standard InChI is InChI=1S/C14H22ClNO/c1-14(2,3)17-9-8-13(16)10-11-4-6-12(15)7-5-11/h4-7,13H,8-10,16H2,1-3H3. The fraction of sp³-hybridized carbons (Fsp3) is 0.571. The van der Waals surface area contributed by atoms with Gasteiger partial charge in [0.1, 0.15) is 0 Å². The van der Waals surface area contributed by atoms with Crippen LogP contribution in [0, 0.1) is 0 Å². The number of hydrogen-bond acceptors (Lipinski definition) is 2. The van der Waals surface area contributed by atoms with E-state index in [0.29, 0.717) is 6.61 Å². The number of benzene rings is 1. The summed E-state index contributed by atoms with van der Waals surface area (Å²) in [5.41, 5.74) is 7.20. The van der Waals surface area contributed by atoms with E-state index < -0.39 is 0 Å². The third-order valence-electron chi connectivity index (χ3n) is 2.43. The molecule has 0 aliphatic heterocycles. The first-order valence-corrected chi connectivity index (χ1v) is 6.38. The molecule has 96 valence electrons. The molecule has 3 heteroatoms. The van der Waals surface area contributed by atoms with Crippen LogP contribution in [0.15, 0.2) is 24.3 Å². The van der Waals surface area contributed by atoms with E-state index in [-0.39, 0.29) is 11.6 Å². The first-order chi connectivity index (χ1) is 7.87. The number of rotatable bonds is 5. The zero-order valence-corrected chi connectivity index (χ0v) is 11.6. The van der Waals surface area contributed by atoms with Crippen molar-refractivity contribution in [2.75, 3.05) is 6.61 Å². The van der Waals surface area contributed by atoms with E-state index in [1.54, 1.807) is 0 Å². The number of ether oxygens (including phenoxy) is 1. The topological polar surface area (TPSA) is 35.2 Å². The average molecular weight is 256 g/mol. The second-order valence-corrected chi connectivity index (χ2v) is 5.78. The molecular formula is C14H22ClNO. The van der Waals surface area contributed by atoms with Crippen LogP contribution in [0.3, 0.4) is 0 Å². The minimum atomic E-state index is -0.0833. The van der Waals surface area contributed by atoms with Crippen LogP contribution in [0.1, 0.15) is 32.8 Å². The van der Waals surface area contributed by atoms with Gasteiger partial charge in [-0.05, 0) is 51.3 Å². The van der Waals surface area contributed by atoms with Crippen molar-refractivity contribution in [2.24, 2.45) is 5.73 Å². The van der Waals surface area contributed by atoms with Crippen molar-refractivity contribution in [1.29, 1.82) is 0 Å². The van der Waals surface area contributed by atoms with Gasteiger partial charge in [-0.3, -0.25) is 0 Å². The maximum Gasteiger partial charge on any atom is 0.0598 e. The van der Waals surface area contributed by atoms with E-state index in [0.717, 1.165) is 17.9 Å². The van der Waals surface area contributed by atoms with Gasteiger partial charge in [0.15, 0.2) is 0 Å². The first kappa shape index (κ1) is 14.5. The predicted octanol–water partition coefficient (Wildman–Crippen LogP) is 3.42. The molecule has 17 heavy (non-hydrogen) atoms. The third-order valence-corrected chi connectivity index (χ3v) is 2.69. The maximum atomic E-state index is 6.06. The molecule has 0 heterocycles. The highest BCUT2D eigenvalue weighted by Crippen LogP contribution is 2.12. The summed E-state index contributed by atoms with van der Waals surface area (Å²) in [6.07, 6.45) is 1.74. The Labute approximate surface area is 109 Å². The molecule has 0 bridgehead atoms. The van der Waals surface area contributed by atoms with Crippen LogP contribution in [-0.2, 0) is 11.2 Å². The van der Waals surface area contributed by atoms with Crippen molar-refractivity contribution < 1.29 is 4.74 Å². The van der Waals surface area contributed by atoms with Gasteiger partial charge in [0.05, 0.1) is 5.60 Å². The van der Waals surface area contributed by atoms with Gasteiger partial charge in [-0.2, -0.15) is 0 Å². The fourth-order valence-electron chi connectivity index (χ4n) is 1.54. The molecule has 1 atom stereocenters. The van der Waals surface area contributed by atoms with Crippen LogP contribution >= 0.6 is 11.6 Å². The molecule has 2 nitrogen and oxygen atoms in total. The molecule has 0 aliphatic rings. The van der Waals surface area contributed by atoms with Gasteiger partial charge in [-0.15, -0.1) is 0 Å². The average Bonchev–Trinajstić information content (AvgIpc) is 2.19. The number of halogens is 1. The highest BCUT2D eigenvalue weighted by molar-refractivity contribution is 6.30. The quantitative estimate of drug-likeness (QED) is 0.875. The molecule has 1 aromatic carbocycles. The predicted molar refractivity (Wildman–Crippen MR) is 73.5 cm³/mol. The highest BCUT2D eigenvalue weighted by Gasteiger charge is 2.11. The lowest BCUT2D eigenvalue weighted by Crippen LogP contribution is -2.27. The van der Waals surface area contributed by atoms with Gasteiger partial charge in [0.25, 0.3) is 0 Å². The number of hydrogen-bond donors (Lipinski definition) is 1. The SMILES string of the molecule is CC(C)(C)OCCC(N)Cc1ccc(Cl)cc1. The van der Waals surface area contributed by atoms with E-state index in [4.69, 9.17) is 22.1 Å². The normalized spacial score (nSPS) is 13.7. The van der Waals surface area contributed by atoms with Crippen LogP contribution in [0.25, 0.3) is 0 Å². The van der Waals surface area contributed by atoms with Crippen LogP contribution < -0.4 is 5.73 Å². The van der Waals surface area contributed by atoms with E-state index in [2.05, 4.69) is 20.8 Å². The summed E-state index contributed by atoms with van der Waals surface area (Å²) in [4.78, 5) is 0. The van der Waals surface area contributed by atoms with Crippen LogP contribution in [0.2, 0.25) is 5.02 Å². The van der Waals surface area contributed by atoms with Crippen molar-refractivity contribution >= 4 is 11.6 Å². The van der Waals surface area contributed by atoms with Gasteiger partial charge in [0.2, 0.25) is 0 Å². The van der Waals surface area contributed by atoms with Crippen LogP contribution in [0.5, 0.6) is 0 Å². The molecule has 0 aromatic heterocycles. The van der Waals surface area contributed by atoms with Gasteiger partial charge >= 0.3 is 0 Å². The molecule has 1 rings (SSSR count). The third kappa shape index (κ3) is 6.67. The summed E-state index contributed by atoms with van der Waals surface area (Å²) < 4.78 is 5.66. The molecule has 0 saturated carbocycles. The first-order valence-electron chi connectivity index (χ1n) is 6.01. The molecule has 0 amide bonds. The second-order valence-electron chi connectivity index (χ2n) is 5.34. The van der Waals surface area contributed by atoms with Gasteiger partial charge in [0, 0.05) is 17.7 Å². The minimum Gasteiger partial charge on any atom is -0.376 e. The Morgan fingerprint density at radius 2 is 1.82 bits per heavy atom. The van der Waals surface area contributed by atoms with Gasteiger partial charge < -0.3 is 10.5 Å². The zero-order chi connectivity index (χ0) is 12.9. The minimum absolute atomic E-state index is 0.0833. The van der Waals surface area contributed by atoms with Crippen molar-refractivity contribution in [3.63, 3.8) is 0 Å². The number of nitrogens with two attached hydrogens (primary N) is 1. The molecule has 0 saturated heterocycles. The summed E-state index contributed by atoms with van der Waals surface area (Å²) in [5, 5.41) is 0.762. The van der Waals surface area contributed by atoms with Gasteiger partial charge in [-0.25, -0.2) is 0 Å². The molecule has 0 spiro atoms. The summed E-state index contributed by atoms with van der Waals surface area (Å²) >= 11 is 5.83. The maximum absolute atomic E-state index is 6.06. The summed E-state index contributed by atoms with van der Waals surface area (Å²) in [5.74, 6) is 0. The van der Waals surface area contributed by atoms with Gasteiger partial charge in [-0.1, -0.05) is 23.7 Å². The van der Waals surface area contributed by atoms with Crippen molar-refractivity contribution in [3.8, 4) is 0 Å². The van der Waals surface area contributed by atoms with E-state index in [1.807, 2.05) is 24.3 Å². The molecule has 1 aromatic rings. The Kier molecular flexibility index (Phi) is 5.44. The van der Waals surface area contributed by atoms with E-state index in [1.165, 1.54) is 5.56 Å². The summed E-state index contributed by atoms with van der Waals surface area (Å²) in [6.45, 7) is 6.87. The van der Waals surface area contributed by atoms with E-state index >= 15 is 0 Å². The molecule has 0 aliphatic carbocycles. The summed E-state index contributed by atoms with van der Waals surface area (Å²) in [6, 6.07) is 7.97. The molecule has 2 N–H and O–H groups in total. The second kappa shape index (κ2) is 6.39. The zero-order valence-electron chi connectivity index (χ0n) is 10.9. The van der Waals surface area contributed by atoms with Crippen LogP contribution in [0.4, 0.5) is 0 Å². The Morgan fingerprint density at radius 3 is 2.35 bits per heavy atom. The molecule has 1 unspecified atom stereocenters. The molecular weight excluding hydrogens is 234 g/mol. The Balaban J connectivity index is 2.30. The van der Waals surface area contributed by atoms with Crippen molar-refractivity contribution in [2.45, 2.75) is 45.3 Å². The Hall–Kier alpha value is -0.570. The fourth-order valence-corrected chi connectivity index (χ4v) is 1.67. The van der Waals surface area contributed by atoms with Crippen molar-refractivity contribution in [3.05, 3.63) is 34.9 Å². The summed E-state index contributed by atoms with van der Waals surface area (Å²) in [7, 11) is 0. The highest BCUT2D eigenvalue weighted by atomic mass is 35.5. The lowest BCUT2D eigenvalue weighted by Gasteiger charge is -2.21. The monoisotopic (exact) mass is 255 g/mol. The lowest BCUT2D eigenvalue weighted by molar-refractivity contribution is -0.00595. The molecule has 0 fully saturated rings. The Bertz CT molecular complexity index is 329.